The molecule has 2 rings (SSSR count). The second-order valence-electron chi connectivity index (χ2n) is 4.47. The van der Waals surface area contributed by atoms with Crippen LogP contribution in [-0.2, 0) is 0 Å². The van der Waals surface area contributed by atoms with Crippen molar-refractivity contribution in [1.29, 1.82) is 0 Å². The van der Waals surface area contributed by atoms with Gasteiger partial charge in [0.15, 0.2) is 0 Å². The van der Waals surface area contributed by atoms with Gasteiger partial charge in [-0.3, -0.25) is 9.80 Å². The zero-order chi connectivity index (χ0) is 9.26. The van der Waals surface area contributed by atoms with E-state index in [0.29, 0.717) is 6.17 Å². The van der Waals surface area contributed by atoms with Crippen LogP contribution in [0, 0.1) is 0 Å². The molecule has 0 saturated carbocycles. The van der Waals surface area contributed by atoms with Crippen molar-refractivity contribution in [1.82, 2.24) is 14.7 Å². The van der Waals surface area contributed by atoms with Gasteiger partial charge in [-0.15, -0.1) is 0 Å². The first-order valence-corrected chi connectivity index (χ1v) is 5.40. The van der Waals surface area contributed by atoms with Crippen LogP contribution in [0.5, 0.6) is 0 Å². The third-order valence-corrected chi connectivity index (χ3v) is 3.35. The lowest BCUT2D eigenvalue weighted by Gasteiger charge is -2.41. The highest BCUT2D eigenvalue weighted by atomic mass is 15.4. The normalized spacial score (nSPS) is 34.2. The van der Waals surface area contributed by atoms with Crippen LogP contribution >= 0.6 is 0 Å². The Kier molecular flexibility index (Phi) is 2.86. The third kappa shape index (κ3) is 2.03. The molecule has 1 atom stereocenters. The van der Waals surface area contributed by atoms with Gasteiger partial charge >= 0.3 is 0 Å². The van der Waals surface area contributed by atoms with E-state index in [1.807, 2.05) is 0 Å². The number of nitrogens with zero attached hydrogens (tertiary/aromatic N) is 3. The van der Waals surface area contributed by atoms with Crippen molar-refractivity contribution < 1.29 is 0 Å². The largest absolute Gasteiger partial charge is 0.303 e. The third-order valence-electron chi connectivity index (χ3n) is 3.35. The van der Waals surface area contributed by atoms with Crippen molar-refractivity contribution in [2.75, 3.05) is 46.8 Å². The molecule has 2 aliphatic rings. The van der Waals surface area contributed by atoms with Crippen LogP contribution in [0.1, 0.15) is 12.8 Å². The Morgan fingerprint density at radius 2 is 1.62 bits per heavy atom. The van der Waals surface area contributed by atoms with Gasteiger partial charge in [-0.25, -0.2) is 0 Å². The van der Waals surface area contributed by atoms with E-state index >= 15 is 0 Å². The lowest BCUT2D eigenvalue weighted by atomic mass is 10.2. The first-order chi connectivity index (χ1) is 6.27. The van der Waals surface area contributed by atoms with Gasteiger partial charge in [-0.1, -0.05) is 0 Å². The SMILES string of the molecule is CN1CCCN2CCCN(C)C2C1. The van der Waals surface area contributed by atoms with E-state index in [0.717, 1.165) is 0 Å². The summed E-state index contributed by atoms with van der Waals surface area (Å²) in [6.07, 6.45) is 3.36. The Morgan fingerprint density at radius 1 is 0.923 bits per heavy atom. The summed E-state index contributed by atoms with van der Waals surface area (Å²) >= 11 is 0. The monoisotopic (exact) mass is 183 g/mol. The zero-order valence-corrected chi connectivity index (χ0v) is 8.87. The molecule has 0 aromatic heterocycles. The number of likely N-dealkylation sites (N-methyl/N-ethyl adjacent to an activating group) is 2. The number of hydrogen-bond donors (Lipinski definition) is 0. The highest BCUT2D eigenvalue weighted by Crippen LogP contribution is 2.16. The Labute approximate surface area is 81.3 Å². The molecule has 0 aliphatic carbocycles. The summed E-state index contributed by atoms with van der Waals surface area (Å²) in [7, 11) is 4.50. The van der Waals surface area contributed by atoms with Crippen molar-refractivity contribution in [3.8, 4) is 0 Å². The van der Waals surface area contributed by atoms with Crippen molar-refractivity contribution in [2.24, 2.45) is 0 Å². The van der Waals surface area contributed by atoms with Crippen molar-refractivity contribution in [3.63, 3.8) is 0 Å². The maximum Gasteiger partial charge on any atom is 0.0751 e. The molecule has 0 N–H and O–H groups in total. The lowest BCUT2D eigenvalue weighted by Crippen LogP contribution is -2.54. The molecule has 0 radical (unpaired) electrons. The molecule has 2 saturated heterocycles. The summed E-state index contributed by atoms with van der Waals surface area (Å²) in [5, 5.41) is 0. The van der Waals surface area contributed by atoms with Crippen LogP contribution in [0.15, 0.2) is 0 Å². The summed E-state index contributed by atoms with van der Waals surface area (Å²) in [6.45, 7) is 6.36. The van der Waals surface area contributed by atoms with E-state index in [-0.39, 0.29) is 0 Å². The predicted molar refractivity (Wildman–Crippen MR) is 54.7 cm³/mol. The van der Waals surface area contributed by atoms with Gasteiger partial charge in [0.05, 0.1) is 6.17 Å². The summed E-state index contributed by atoms with van der Waals surface area (Å²) in [5.41, 5.74) is 0. The van der Waals surface area contributed by atoms with E-state index in [2.05, 4.69) is 28.8 Å². The second-order valence-corrected chi connectivity index (χ2v) is 4.47. The van der Waals surface area contributed by atoms with Crippen molar-refractivity contribution >= 4 is 0 Å². The Balaban J connectivity index is 2.03. The maximum atomic E-state index is 2.65. The summed E-state index contributed by atoms with van der Waals surface area (Å²) in [6, 6.07) is 0. The van der Waals surface area contributed by atoms with Gasteiger partial charge < -0.3 is 4.90 Å². The molecule has 2 aliphatic heterocycles. The standard InChI is InChI=1S/C10H21N3/c1-11-5-3-7-13-8-4-6-12(2)10(13)9-11/h10H,3-9H2,1-2H3. The minimum Gasteiger partial charge on any atom is -0.303 e. The van der Waals surface area contributed by atoms with Crippen LogP contribution < -0.4 is 0 Å². The van der Waals surface area contributed by atoms with Crippen LogP contribution in [-0.4, -0.2) is 67.7 Å². The molecule has 0 spiro atoms. The van der Waals surface area contributed by atoms with Gasteiger partial charge in [0.1, 0.15) is 0 Å². The van der Waals surface area contributed by atoms with E-state index in [1.54, 1.807) is 0 Å². The Morgan fingerprint density at radius 3 is 2.38 bits per heavy atom. The fourth-order valence-electron chi connectivity index (χ4n) is 2.53. The first-order valence-electron chi connectivity index (χ1n) is 5.40. The molecular weight excluding hydrogens is 162 g/mol. The molecular formula is C10H21N3. The molecule has 3 nitrogen and oxygen atoms in total. The molecule has 0 aromatic rings. The molecule has 2 heterocycles. The first kappa shape index (κ1) is 9.44. The van der Waals surface area contributed by atoms with Gasteiger partial charge in [-0.2, -0.15) is 0 Å². The fourth-order valence-corrected chi connectivity index (χ4v) is 2.53. The quantitative estimate of drug-likeness (QED) is 0.534. The number of rotatable bonds is 0. The van der Waals surface area contributed by atoms with E-state index in [9.17, 15) is 0 Å². The molecule has 0 amide bonds. The molecule has 13 heavy (non-hydrogen) atoms. The van der Waals surface area contributed by atoms with Crippen LogP contribution in [0.4, 0.5) is 0 Å². The smallest absolute Gasteiger partial charge is 0.0751 e. The van der Waals surface area contributed by atoms with E-state index in [4.69, 9.17) is 0 Å². The molecule has 1 unspecified atom stereocenters. The summed E-state index contributed by atoms with van der Waals surface area (Å²) < 4.78 is 0. The molecule has 2 fully saturated rings. The fraction of sp³-hybridized carbons (Fsp3) is 1.00. The molecule has 0 aromatic carbocycles. The zero-order valence-electron chi connectivity index (χ0n) is 8.87. The molecule has 3 heteroatoms. The second kappa shape index (κ2) is 3.95. The maximum absolute atomic E-state index is 2.65. The lowest BCUT2D eigenvalue weighted by molar-refractivity contribution is 0.0192. The highest BCUT2D eigenvalue weighted by Gasteiger charge is 2.28. The van der Waals surface area contributed by atoms with Crippen LogP contribution in [0.2, 0.25) is 0 Å². The summed E-state index contributed by atoms with van der Waals surface area (Å²) in [4.78, 5) is 7.62. The van der Waals surface area contributed by atoms with E-state index in [1.165, 1.54) is 45.6 Å². The number of fused-ring (bicyclic) bond motifs is 1. The topological polar surface area (TPSA) is 9.72 Å². The summed E-state index contributed by atoms with van der Waals surface area (Å²) in [5.74, 6) is 0. The van der Waals surface area contributed by atoms with E-state index < -0.39 is 0 Å². The minimum absolute atomic E-state index is 0.682. The molecule has 76 valence electrons. The van der Waals surface area contributed by atoms with Gasteiger partial charge in [0, 0.05) is 26.2 Å². The van der Waals surface area contributed by atoms with Crippen LogP contribution in [0.25, 0.3) is 0 Å². The van der Waals surface area contributed by atoms with Crippen LogP contribution in [0.3, 0.4) is 0 Å². The Bertz CT molecular complexity index is 172. The average molecular weight is 183 g/mol. The molecule has 0 bridgehead atoms. The predicted octanol–water partition coefficient (Wildman–Crippen LogP) is 0.286. The Hall–Kier alpha value is -0.120. The highest BCUT2D eigenvalue weighted by molar-refractivity contribution is 4.81. The van der Waals surface area contributed by atoms with Crippen molar-refractivity contribution in [2.45, 2.75) is 19.0 Å². The number of hydrogen-bond acceptors (Lipinski definition) is 3. The average Bonchev–Trinajstić information content (AvgIpc) is 2.28. The van der Waals surface area contributed by atoms with Crippen molar-refractivity contribution in [3.05, 3.63) is 0 Å². The minimum atomic E-state index is 0.682. The van der Waals surface area contributed by atoms with Gasteiger partial charge in [-0.05, 0) is 33.5 Å². The van der Waals surface area contributed by atoms with Gasteiger partial charge in [0.2, 0.25) is 0 Å². The van der Waals surface area contributed by atoms with Gasteiger partial charge in [0.25, 0.3) is 0 Å².